The minimum Gasteiger partial charge on any atom is -0.288 e. The predicted molar refractivity (Wildman–Crippen MR) is 97.0 cm³/mol. The molecule has 0 radical (unpaired) electrons. The van der Waals surface area contributed by atoms with Crippen LogP contribution in [0.15, 0.2) is 58.1 Å². The van der Waals surface area contributed by atoms with Crippen LogP contribution in [-0.4, -0.2) is 25.4 Å². The number of amides is 1. The van der Waals surface area contributed by atoms with Crippen LogP contribution in [0.3, 0.4) is 0 Å². The molecule has 24 heavy (non-hydrogen) atoms. The van der Waals surface area contributed by atoms with Gasteiger partial charge >= 0.3 is 0 Å². The SMILES string of the molecule is O=C1/C(=C/c2ccc3nonc3c2)SC(=S)N1Cc1ccccc1. The Kier molecular flexibility index (Phi) is 3.87. The van der Waals surface area contributed by atoms with Crippen LogP contribution in [0.25, 0.3) is 17.1 Å². The zero-order valence-corrected chi connectivity index (χ0v) is 14.0. The first-order valence-corrected chi connectivity index (χ1v) is 8.45. The molecule has 0 aliphatic carbocycles. The largest absolute Gasteiger partial charge is 0.288 e. The predicted octanol–water partition coefficient (Wildman–Crippen LogP) is 3.62. The van der Waals surface area contributed by atoms with Crippen molar-refractivity contribution in [2.24, 2.45) is 0 Å². The molecular formula is C17H11N3O2S2. The maximum atomic E-state index is 12.6. The van der Waals surface area contributed by atoms with Gasteiger partial charge in [-0.3, -0.25) is 9.69 Å². The lowest BCUT2D eigenvalue weighted by Gasteiger charge is -2.14. The lowest BCUT2D eigenvalue weighted by Crippen LogP contribution is -2.27. The van der Waals surface area contributed by atoms with E-state index in [4.69, 9.17) is 12.2 Å². The third-order valence-corrected chi connectivity index (χ3v) is 5.01. The second-order valence-electron chi connectivity index (χ2n) is 5.27. The quantitative estimate of drug-likeness (QED) is 0.529. The number of rotatable bonds is 3. The summed E-state index contributed by atoms with van der Waals surface area (Å²) in [6.45, 7) is 0.481. The maximum absolute atomic E-state index is 12.6. The van der Waals surface area contributed by atoms with E-state index in [0.29, 0.717) is 26.8 Å². The molecule has 0 saturated carbocycles. The van der Waals surface area contributed by atoms with Crippen LogP contribution in [-0.2, 0) is 11.3 Å². The summed E-state index contributed by atoms with van der Waals surface area (Å²) in [4.78, 5) is 14.9. The van der Waals surface area contributed by atoms with Gasteiger partial charge in [-0.1, -0.05) is 60.4 Å². The monoisotopic (exact) mass is 353 g/mol. The van der Waals surface area contributed by atoms with E-state index in [2.05, 4.69) is 14.9 Å². The van der Waals surface area contributed by atoms with Gasteiger partial charge in [-0.05, 0) is 39.6 Å². The molecule has 2 heterocycles. The molecule has 1 amide bonds. The molecule has 1 fully saturated rings. The molecule has 4 rings (SSSR count). The Balaban J connectivity index is 1.60. The molecule has 1 saturated heterocycles. The van der Waals surface area contributed by atoms with Gasteiger partial charge in [0.15, 0.2) is 0 Å². The highest BCUT2D eigenvalue weighted by atomic mass is 32.2. The van der Waals surface area contributed by atoms with E-state index in [1.54, 1.807) is 4.90 Å². The van der Waals surface area contributed by atoms with Gasteiger partial charge in [0.2, 0.25) is 0 Å². The van der Waals surface area contributed by atoms with E-state index in [0.717, 1.165) is 11.1 Å². The first-order chi connectivity index (χ1) is 11.7. The highest BCUT2D eigenvalue weighted by molar-refractivity contribution is 8.26. The highest BCUT2D eigenvalue weighted by Gasteiger charge is 2.31. The Morgan fingerprint density at radius 2 is 1.92 bits per heavy atom. The molecule has 118 valence electrons. The van der Waals surface area contributed by atoms with E-state index >= 15 is 0 Å². The molecule has 2 aromatic carbocycles. The molecular weight excluding hydrogens is 342 g/mol. The summed E-state index contributed by atoms with van der Waals surface area (Å²) in [5.41, 5.74) is 3.25. The van der Waals surface area contributed by atoms with E-state index in [9.17, 15) is 4.79 Å². The number of carbonyl (C=O) groups is 1. The molecule has 0 unspecified atom stereocenters. The average Bonchev–Trinajstić information content (AvgIpc) is 3.16. The van der Waals surface area contributed by atoms with Crippen molar-refractivity contribution < 1.29 is 9.42 Å². The topological polar surface area (TPSA) is 59.2 Å². The van der Waals surface area contributed by atoms with Crippen LogP contribution in [0.2, 0.25) is 0 Å². The molecule has 1 aliphatic rings. The van der Waals surface area contributed by atoms with Crippen molar-refractivity contribution in [3.63, 3.8) is 0 Å². The van der Waals surface area contributed by atoms with Gasteiger partial charge in [0.25, 0.3) is 5.91 Å². The van der Waals surface area contributed by atoms with Gasteiger partial charge in [0, 0.05) is 0 Å². The summed E-state index contributed by atoms with van der Waals surface area (Å²) < 4.78 is 5.26. The molecule has 7 heteroatoms. The van der Waals surface area contributed by atoms with Crippen LogP contribution in [0, 0.1) is 0 Å². The number of nitrogens with zero attached hydrogens (tertiary/aromatic N) is 3. The van der Waals surface area contributed by atoms with Crippen molar-refractivity contribution in [1.29, 1.82) is 0 Å². The number of hydrogen-bond donors (Lipinski definition) is 0. The zero-order chi connectivity index (χ0) is 16.5. The Bertz CT molecular complexity index is 966. The zero-order valence-electron chi connectivity index (χ0n) is 12.4. The molecule has 0 spiro atoms. The Morgan fingerprint density at radius 3 is 2.75 bits per heavy atom. The second kappa shape index (κ2) is 6.18. The molecule has 1 aromatic heterocycles. The Labute approximate surface area is 147 Å². The first-order valence-electron chi connectivity index (χ1n) is 7.22. The third kappa shape index (κ3) is 2.83. The van der Waals surface area contributed by atoms with E-state index in [1.807, 2.05) is 54.6 Å². The van der Waals surface area contributed by atoms with Crippen molar-refractivity contribution in [3.05, 3.63) is 64.6 Å². The smallest absolute Gasteiger partial charge is 0.266 e. The third-order valence-electron chi connectivity index (χ3n) is 3.63. The standard InChI is InChI=1S/C17H11N3O2S2/c21-16-15(9-12-6-7-13-14(8-12)19-22-18-13)24-17(23)20(16)10-11-4-2-1-3-5-11/h1-9H,10H2/b15-9-. The van der Waals surface area contributed by atoms with Gasteiger partial charge in [0.1, 0.15) is 15.4 Å². The van der Waals surface area contributed by atoms with Gasteiger partial charge in [-0.15, -0.1) is 0 Å². The van der Waals surface area contributed by atoms with E-state index in [1.165, 1.54) is 11.8 Å². The van der Waals surface area contributed by atoms with Crippen molar-refractivity contribution in [2.75, 3.05) is 0 Å². The number of fused-ring (bicyclic) bond motifs is 1. The number of aromatic nitrogens is 2. The van der Waals surface area contributed by atoms with Crippen molar-refractivity contribution in [3.8, 4) is 0 Å². The number of benzene rings is 2. The fourth-order valence-electron chi connectivity index (χ4n) is 2.44. The number of hydrogen-bond acceptors (Lipinski definition) is 6. The van der Waals surface area contributed by atoms with Gasteiger partial charge in [-0.25, -0.2) is 4.63 Å². The van der Waals surface area contributed by atoms with E-state index < -0.39 is 0 Å². The average molecular weight is 353 g/mol. The number of carbonyl (C=O) groups excluding carboxylic acids is 1. The summed E-state index contributed by atoms with van der Waals surface area (Å²) in [5.74, 6) is -0.0766. The fourth-order valence-corrected chi connectivity index (χ4v) is 3.70. The Hall–Kier alpha value is -2.51. The molecule has 3 aromatic rings. The van der Waals surface area contributed by atoms with Crippen LogP contribution in [0.4, 0.5) is 0 Å². The summed E-state index contributed by atoms with van der Waals surface area (Å²) in [5, 5.41) is 7.58. The van der Waals surface area contributed by atoms with Crippen LogP contribution in [0.1, 0.15) is 11.1 Å². The highest BCUT2D eigenvalue weighted by Crippen LogP contribution is 2.33. The number of thiocarbonyl (C=S) groups is 1. The second-order valence-corrected chi connectivity index (χ2v) is 6.94. The van der Waals surface area contributed by atoms with Crippen LogP contribution in [0.5, 0.6) is 0 Å². The minimum atomic E-state index is -0.0766. The number of thioether (sulfide) groups is 1. The Morgan fingerprint density at radius 1 is 1.12 bits per heavy atom. The molecule has 1 aliphatic heterocycles. The lowest BCUT2D eigenvalue weighted by atomic mass is 10.2. The molecule has 0 bridgehead atoms. The van der Waals surface area contributed by atoms with Gasteiger partial charge < -0.3 is 0 Å². The first kappa shape index (κ1) is 15.0. The molecule has 0 atom stereocenters. The fraction of sp³-hybridized carbons (Fsp3) is 0.0588. The van der Waals surface area contributed by atoms with Crippen LogP contribution < -0.4 is 0 Å². The summed E-state index contributed by atoms with van der Waals surface area (Å²) in [7, 11) is 0. The maximum Gasteiger partial charge on any atom is 0.266 e. The van der Waals surface area contributed by atoms with Gasteiger partial charge in [-0.2, -0.15) is 0 Å². The normalized spacial score (nSPS) is 16.5. The molecule has 0 N–H and O–H groups in total. The summed E-state index contributed by atoms with van der Waals surface area (Å²) >= 11 is 6.68. The van der Waals surface area contributed by atoms with Crippen LogP contribution >= 0.6 is 24.0 Å². The van der Waals surface area contributed by atoms with Crippen molar-refractivity contribution >= 4 is 51.3 Å². The minimum absolute atomic E-state index is 0.0766. The van der Waals surface area contributed by atoms with E-state index in [-0.39, 0.29) is 5.91 Å². The summed E-state index contributed by atoms with van der Waals surface area (Å²) in [6, 6.07) is 15.3. The van der Waals surface area contributed by atoms with Crippen molar-refractivity contribution in [2.45, 2.75) is 6.54 Å². The van der Waals surface area contributed by atoms with Gasteiger partial charge in [0.05, 0.1) is 11.4 Å². The molecule has 5 nitrogen and oxygen atoms in total. The lowest BCUT2D eigenvalue weighted by molar-refractivity contribution is -0.122. The summed E-state index contributed by atoms with van der Waals surface area (Å²) in [6.07, 6.45) is 1.82. The van der Waals surface area contributed by atoms with Crippen molar-refractivity contribution in [1.82, 2.24) is 15.2 Å².